The molecule has 3 rings (SSSR count). The van der Waals surface area contributed by atoms with E-state index in [0.29, 0.717) is 5.57 Å². The fourth-order valence-electron chi connectivity index (χ4n) is 2.48. The maximum atomic E-state index is 9.15. The van der Waals surface area contributed by atoms with Crippen LogP contribution in [-0.4, -0.2) is 46.9 Å². The van der Waals surface area contributed by atoms with E-state index in [9.17, 15) is 0 Å². The van der Waals surface area contributed by atoms with Gasteiger partial charge in [-0.2, -0.15) is 10.5 Å². The highest BCUT2D eigenvalue weighted by molar-refractivity contribution is 5.74. The van der Waals surface area contributed by atoms with E-state index in [0.717, 1.165) is 32.0 Å². The van der Waals surface area contributed by atoms with Crippen molar-refractivity contribution in [3.8, 4) is 6.07 Å². The van der Waals surface area contributed by atoms with E-state index in [1.54, 1.807) is 6.20 Å². The molecule has 0 unspecified atom stereocenters. The van der Waals surface area contributed by atoms with Gasteiger partial charge in [0.05, 0.1) is 13.2 Å². The molecule has 1 aromatic heterocycles. The van der Waals surface area contributed by atoms with Crippen molar-refractivity contribution in [2.24, 2.45) is 0 Å². The number of nitrogens with zero attached hydrogens (tertiary/aromatic N) is 5. The lowest BCUT2D eigenvalue weighted by Crippen LogP contribution is -2.36. The normalized spacial score (nSPS) is 15.3. The van der Waals surface area contributed by atoms with Gasteiger partial charge in [-0.25, -0.2) is 0 Å². The monoisotopic (exact) mass is 311 g/mol. The SMILES string of the molecule is Cc1cc(NC=C(C#N)c2nn[nH]n2)ccc1N1CCOCC1. The maximum absolute atomic E-state index is 9.15. The first kappa shape index (κ1) is 15.0. The number of tetrazole rings is 1. The molecular formula is C15H17N7O. The van der Waals surface area contributed by atoms with Crippen molar-refractivity contribution in [1.29, 1.82) is 5.26 Å². The van der Waals surface area contributed by atoms with E-state index in [2.05, 4.69) is 43.8 Å². The highest BCUT2D eigenvalue weighted by atomic mass is 16.5. The molecule has 0 bridgehead atoms. The molecule has 2 N–H and O–H groups in total. The highest BCUT2D eigenvalue weighted by Gasteiger charge is 2.13. The van der Waals surface area contributed by atoms with Gasteiger partial charge in [0.15, 0.2) is 0 Å². The second-order valence-electron chi connectivity index (χ2n) is 5.15. The number of ether oxygens (including phenoxy) is 1. The number of allylic oxidation sites excluding steroid dienone is 1. The molecule has 23 heavy (non-hydrogen) atoms. The third-order valence-electron chi connectivity index (χ3n) is 3.64. The van der Waals surface area contributed by atoms with Gasteiger partial charge in [-0.05, 0) is 35.9 Å². The first-order chi connectivity index (χ1) is 11.3. The van der Waals surface area contributed by atoms with Crippen LogP contribution in [-0.2, 0) is 4.74 Å². The van der Waals surface area contributed by atoms with E-state index in [-0.39, 0.29) is 5.82 Å². The molecule has 0 saturated carbocycles. The van der Waals surface area contributed by atoms with Crippen LogP contribution in [0, 0.1) is 18.3 Å². The molecule has 0 amide bonds. The summed E-state index contributed by atoms with van der Waals surface area (Å²) >= 11 is 0. The number of hydrogen-bond donors (Lipinski definition) is 2. The summed E-state index contributed by atoms with van der Waals surface area (Å²) in [6.07, 6.45) is 1.58. The Balaban J connectivity index is 1.74. The molecule has 8 heteroatoms. The Morgan fingerprint density at radius 1 is 1.43 bits per heavy atom. The van der Waals surface area contributed by atoms with Gasteiger partial charge >= 0.3 is 0 Å². The van der Waals surface area contributed by atoms with Gasteiger partial charge in [0.2, 0.25) is 5.82 Å². The van der Waals surface area contributed by atoms with E-state index in [1.807, 2.05) is 18.2 Å². The Labute approximate surface area is 133 Å². The predicted octanol–water partition coefficient (Wildman–Crippen LogP) is 1.32. The molecule has 1 saturated heterocycles. The summed E-state index contributed by atoms with van der Waals surface area (Å²) in [6.45, 7) is 5.41. The maximum Gasteiger partial charge on any atom is 0.216 e. The van der Waals surface area contributed by atoms with Crippen LogP contribution in [0.5, 0.6) is 0 Å². The Morgan fingerprint density at radius 2 is 2.26 bits per heavy atom. The van der Waals surface area contributed by atoms with Crippen LogP contribution in [0.15, 0.2) is 24.4 Å². The predicted molar refractivity (Wildman–Crippen MR) is 85.6 cm³/mol. The minimum absolute atomic E-state index is 0.265. The number of aromatic amines is 1. The average Bonchev–Trinajstić information content (AvgIpc) is 3.11. The number of anilines is 2. The summed E-state index contributed by atoms with van der Waals surface area (Å²) in [6, 6.07) is 8.16. The third kappa shape index (κ3) is 3.46. The minimum atomic E-state index is 0.265. The third-order valence-corrected chi connectivity index (χ3v) is 3.64. The molecule has 0 aliphatic carbocycles. The van der Waals surface area contributed by atoms with Gasteiger partial charge in [-0.3, -0.25) is 0 Å². The summed E-state index contributed by atoms with van der Waals surface area (Å²) in [5.41, 5.74) is 3.59. The molecule has 2 aromatic rings. The number of aromatic nitrogens is 4. The van der Waals surface area contributed by atoms with Crippen LogP contribution in [0.4, 0.5) is 11.4 Å². The first-order valence-corrected chi connectivity index (χ1v) is 7.32. The van der Waals surface area contributed by atoms with Crippen molar-refractivity contribution in [2.75, 3.05) is 36.5 Å². The molecular weight excluding hydrogens is 294 g/mol. The molecule has 1 aliphatic rings. The smallest absolute Gasteiger partial charge is 0.216 e. The van der Waals surface area contributed by atoms with Crippen LogP contribution >= 0.6 is 0 Å². The van der Waals surface area contributed by atoms with Gasteiger partial charge in [0, 0.05) is 30.7 Å². The van der Waals surface area contributed by atoms with Gasteiger partial charge in [-0.1, -0.05) is 0 Å². The van der Waals surface area contributed by atoms with Crippen molar-refractivity contribution >= 4 is 16.9 Å². The number of nitriles is 1. The Bertz CT molecular complexity index is 727. The van der Waals surface area contributed by atoms with Crippen molar-refractivity contribution < 1.29 is 4.74 Å². The first-order valence-electron chi connectivity index (χ1n) is 7.32. The molecule has 8 nitrogen and oxygen atoms in total. The molecule has 1 aliphatic heterocycles. The van der Waals surface area contributed by atoms with E-state index < -0.39 is 0 Å². The Hall–Kier alpha value is -2.92. The van der Waals surface area contributed by atoms with Crippen molar-refractivity contribution in [3.05, 3.63) is 35.8 Å². The van der Waals surface area contributed by atoms with Crippen LogP contribution in [0.25, 0.3) is 5.57 Å². The lowest BCUT2D eigenvalue weighted by atomic mass is 10.1. The van der Waals surface area contributed by atoms with Gasteiger partial charge in [0.25, 0.3) is 0 Å². The molecule has 1 fully saturated rings. The number of benzene rings is 1. The summed E-state index contributed by atoms with van der Waals surface area (Å²) < 4.78 is 5.39. The standard InChI is InChI=1S/C15H17N7O/c1-11-8-13(2-3-14(11)22-4-6-23-7-5-22)17-10-12(9-16)15-18-20-21-19-15/h2-3,8,10,17H,4-7H2,1H3,(H,18,19,20,21). The van der Waals surface area contributed by atoms with Crippen molar-refractivity contribution in [1.82, 2.24) is 20.6 Å². The van der Waals surface area contributed by atoms with Crippen LogP contribution < -0.4 is 10.2 Å². The summed E-state index contributed by atoms with van der Waals surface area (Å²) in [4.78, 5) is 2.32. The zero-order valence-electron chi connectivity index (χ0n) is 12.8. The topological polar surface area (TPSA) is 103 Å². The minimum Gasteiger partial charge on any atom is -0.378 e. The van der Waals surface area contributed by atoms with Gasteiger partial charge in [-0.15, -0.1) is 10.2 Å². The number of H-pyrrole nitrogens is 1. The molecule has 1 aromatic carbocycles. The van der Waals surface area contributed by atoms with Crippen LogP contribution in [0.2, 0.25) is 0 Å². The summed E-state index contributed by atoms with van der Waals surface area (Å²) in [5, 5.41) is 25.6. The quantitative estimate of drug-likeness (QED) is 0.821. The van der Waals surface area contributed by atoms with E-state index >= 15 is 0 Å². The van der Waals surface area contributed by atoms with Crippen molar-refractivity contribution in [2.45, 2.75) is 6.92 Å². The fraction of sp³-hybridized carbons (Fsp3) is 0.333. The van der Waals surface area contributed by atoms with E-state index in [4.69, 9.17) is 10.00 Å². The second kappa shape index (κ2) is 6.89. The second-order valence-corrected chi connectivity index (χ2v) is 5.15. The van der Waals surface area contributed by atoms with Crippen molar-refractivity contribution in [3.63, 3.8) is 0 Å². The summed E-state index contributed by atoms with van der Waals surface area (Å²) in [7, 11) is 0. The molecule has 2 heterocycles. The molecule has 0 atom stereocenters. The summed E-state index contributed by atoms with van der Waals surface area (Å²) in [5.74, 6) is 0.265. The number of morpholine rings is 1. The fourth-order valence-corrected chi connectivity index (χ4v) is 2.48. The van der Waals surface area contributed by atoms with Crippen LogP contribution in [0.3, 0.4) is 0 Å². The largest absolute Gasteiger partial charge is 0.378 e. The number of hydrogen-bond acceptors (Lipinski definition) is 7. The molecule has 118 valence electrons. The lowest BCUT2D eigenvalue weighted by Gasteiger charge is -2.30. The zero-order chi connectivity index (χ0) is 16.1. The average molecular weight is 311 g/mol. The number of rotatable bonds is 4. The van der Waals surface area contributed by atoms with Crippen LogP contribution in [0.1, 0.15) is 11.4 Å². The lowest BCUT2D eigenvalue weighted by molar-refractivity contribution is 0.122. The Morgan fingerprint density at radius 3 is 2.91 bits per heavy atom. The molecule has 0 spiro atoms. The number of aryl methyl sites for hydroxylation is 1. The highest BCUT2D eigenvalue weighted by Crippen LogP contribution is 2.24. The number of nitrogens with one attached hydrogen (secondary N) is 2. The zero-order valence-corrected chi connectivity index (χ0v) is 12.8. The Kier molecular flexibility index (Phi) is 4.49. The van der Waals surface area contributed by atoms with E-state index in [1.165, 1.54) is 11.3 Å². The van der Waals surface area contributed by atoms with Gasteiger partial charge in [0.1, 0.15) is 11.6 Å². The molecule has 0 radical (unpaired) electrons. The van der Waals surface area contributed by atoms with Gasteiger partial charge < -0.3 is 15.0 Å².